The number of aldehydes is 1. The molecule has 0 fully saturated rings. The Kier molecular flexibility index (Phi) is 2.91. The van der Waals surface area contributed by atoms with Gasteiger partial charge in [0.2, 0.25) is 12.2 Å². The Hall–Kier alpha value is -2.17. The standard InChI is InChI=1S/C12H12N2O3/c1-14-10-4-3-9(13-11(16)7-15)6-8(10)2-5-12(14)17/h3-4,6-7H,2,5H2,1H3,(H,13,16). The van der Waals surface area contributed by atoms with Gasteiger partial charge >= 0.3 is 0 Å². The SMILES string of the molecule is CN1C(=O)CCc2cc(NC(=O)C=O)ccc21. The molecular formula is C12H12N2O3. The van der Waals surface area contributed by atoms with Gasteiger partial charge in [0, 0.05) is 24.8 Å². The van der Waals surface area contributed by atoms with Gasteiger partial charge in [0.05, 0.1) is 0 Å². The predicted molar refractivity (Wildman–Crippen MR) is 62.9 cm³/mol. The maximum absolute atomic E-state index is 11.5. The van der Waals surface area contributed by atoms with Crippen LogP contribution in [0.1, 0.15) is 12.0 Å². The van der Waals surface area contributed by atoms with Crippen LogP contribution in [0.2, 0.25) is 0 Å². The van der Waals surface area contributed by atoms with Gasteiger partial charge in [-0.25, -0.2) is 0 Å². The van der Waals surface area contributed by atoms with Crippen molar-refractivity contribution >= 4 is 29.5 Å². The number of fused-ring (bicyclic) bond motifs is 1. The van der Waals surface area contributed by atoms with Crippen molar-refractivity contribution in [3.8, 4) is 0 Å². The minimum atomic E-state index is -0.676. The van der Waals surface area contributed by atoms with E-state index < -0.39 is 5.91 Å². The van der Waals surface area contributed by atoms with Crippen molar-refractivity contribution in [2.75, 3.05) is 17.3 Å². The van der Waals surface area contributed by atoms with Crippen LogP contribution in [0.15, 0.2) is 18.2 Å². The lowest BCUT2D eigenvalue weighted by molar-refractivity contribution is -0.127. The molecule has 0 spiro atoms. The topological polar surface area (TPSA) is 66.5 Å². The van der Waals surface area contributed by atoms with Gasteiger partial charge in [0.1, 0.15) is 0 Å². The van der Waals surface area contributed by atoms with Crippen LogP contribution < -0.4 is 10.2 Å². The van der Waals surface area contributed by atoms with Crippen molar-refractivity contribution in [3.63, 3.8) is 0 Å². The number of aryl methyl sites for hydroxylation is 1. The summed E-state index contributed by atoms with van der Waals surface area (Å²) in [4.78, 5) is 34.2. The number of nitrogens with zero attached hydrogens (tertiary/aromatic N) is 1. The van der Waals surface area contributed by atoms with E-state index >= 15 is 0 Å². The van der Waals surface area contributed by atoms with Gasteiger partial charge in [0.25, 0.3) is 5.91 Å². The summed E-state index contributed by atoms with van der Waals surface area (Å²) in [6, 6.07) is 5.24. The fourth-order valence-electron chi connectivity index (χ4n) is 1.91. The first-order valence-electron chi connectivity index (χ1n) is 5.27. The minimum absolute atomic E-state index is 0.0853. The average molecular weight is 232 g/mol. The van der Waals surface area contributed by atoms with Crippen LogP contribution in [0.5, 0.6) is 0 Å². The molecule has 17 heavy (non-hydrogen) atoms. The zero-order valence-corrected chi connectivity index (χ0v) is 9.40. The summed E-state index contributed by atoms with van der Waals surface area (Å²) in [6.07, 6.45) is 1.35. The van der Waals surface area contributed by atoms with E-state index in [0.29, 0.717) is 18.5 Å². The summed E-state index contributed by atoms with van der Waals surface area (Å²) >= 11 is 0. The minimum Gasteiger partial charge on any atom is -0.320 e. The maximum atomic E-state index is 11.5. The summed E-state index contributed by atoms with van der Waals surface area (Å²) in [5, 5.41) is 2.46. The third-order valence-electron chi connectivity index (χ3n) is 2.80. The molecule has 1 aromatic rings. The molecular weight excluding hydrogens is 220 g/mol. The number of anilines is 2. The van der Waals surface area contributed by atoms with E-state index in [2.05, 4.69) is 5.32 Å². The normalized spacial score (nSPS) is 14.2. The van der Waals surface area contributed by atoms with Gasteiger partial charge < -0.3 is 10.2 Å². The maximum Gasteiger partial charge on any atom is 0.288 e. The summed E-state index contributed by atoms with van der Waals surface area (Å²) < 4.78 is 0. The zero-order valence-electron chi connectivity index (χ0n) is 9.40. The number of carbonyl (C=O) groups is 3. The Bertz CT molecular complexity index is 497. The highest BCUT2D eigenvalue weighted by Gasteiger charge is 2.20. The number of nitrogens with one attached hydrogen (secondary N) is 1. The Morgan fingerprint density at radius 1 is 1.41 bits per heavy atom. The largest absolute Gasteiger partial charge is 0.320 e. The third-order valence-corrected chi connectivity index (χ3v) is 2.80. The molecule has 1 N–H and O–H groups in total. The molecule has 0 unspecified atom stereocenters. The van der Waals surface area contributed by atoms with E-state index in [9.17, 15) is 14.4 Å². The second kappa shape index (κ2) is 4.37. The quantitative estimate of drug-likeness (QED) is 0.604. The molecule has 0 bridgehead atoms. The molecule has 5 heteroatoms. The Morgan fingerprint density at radius 3 is 2.88 bits per heavy atom. The van der Waals surface area contributed by atoms with E-state index in [1.807, 2.05) is 0 Å². The summed E-state index contributed by atoms with van der Waals surface area (Å²) in [6.45, 7) is 0. The molecule has 88 valence electrons. The fourth-order valence-corrected chi connectivity index (χ4v) is 1.91. The third kappa shape index (κ3) is 2.18. The zero-order chi connectivity index (χ0) is 12.4. The lowest BCUT2D eigenvalue weighted by Gasteiger charge is -2.26. The molecule has 1 aliphatic rings. The van der Waals surface area contributed by atoms with Crippen LogP contribution in [-0.2, 0) is 20.8 Å². The van der Waals surface area contributed by atoms with E-state index in [-0.39, 0.29) is 12.2 Å². The van der Waals surface area contributed by atoms with E-state index in [1.165, 1.54) is 0 Å². The number of benzene rings is 1. The van der Waals surface area contributed by atoms with Gasteiger partial charge in [-0.3, -0.25) is 14.4 Å². The summed E-state index contributed by atoms with van der Waals surface area (Å²) in [7, 11) is 1.73. The van der Waals surface area contributed by atoms with Crippen molar-refractivity contribution in [1.29, 1.82) is 0 Å². The number of rotatable bonds is 2. The highest BCUT2D eigenvalue weighted by atomic mass is 16.2. The van der Waals surface area contributed by atoms with Crippen molar-refractivity contribution in [2.24, 2.45) is 0 Å². The van der Waals surface area contributed by atoms with Crippen LogP contribution in [-0.4, -0.2) is 25.1 Å². The lowest BCUT2D eigenvalue weighted by Crippen LogP contribution is -2.31. The van der Waals surface area contributed by atoms with Gasteiger partial charge in [-0.15, -0.1) is 0 Å². The van der Waals surface area contributed by atoms with Gasteiger partial charge in [0.15, 0.2) is 0 Å². The molecule has 2 rings (SSSR count). The number of hydrogen-bond acceptors (Lipinski definition) is 3. The van der Waals surface area contributed by atoms with Crippen LogP contribution in [0.4, 0.5) is 11.4 Å². The monoisotopic (exact) mass is 232 g/mol. The highest BCUT2D eigenvalue weighted by Crippen LogP contribution is 2.29. The van der Waals surface area contributed by atoms with Crippen molar-refractivity contribution < 1.29 is 14.4 Å². The molecule has 2 amide bonds. The van der Waals surface area contributed by atoms with Crippen molar-refractivity contribution in [2.45, 2.75) is 12.8 Å². The molecule has 0 radical (unpaired) electrons. The van der Waals surface area contributed by atoms with E-state index in [4.69, 9.17) is 0 Å². The van der Waals surface area contributed by atoms with E-state index in [1.54, 1.807) is 30.1 Å². The molecule has 0 atom stereocenters. The molecule has 1 aliphatic heterocycles. The van der Waals surface area contributed by atoms with Gasteiger partial charge in [-0.2, -0.15) is 0 Å². The molecule has 1 aromatic carbocycles. The molecule has 1 heterocycles. The first-order valence-corrected chi connectivity index (χ1v) is 5.27. The number of carbonyl (C=O) groups excluding carboxylic acids is 3. The Morgan fingerprint density at radius 2 is 2.18 bits per heavy atom. The number of amides is 2. The Balaban J connectivity index is 2.29. The predicted octanol–water partition coefficient (Wildman–Crippen LogP) is 0.733. The highest BCUT2D eigenvalue weighted by molar-refractivity contribution is 6.29. The molecule has 5 nitrogen and oxygen atoms in total. The Labute approximate surface area is 98.4 Å². The van der Waals surface area contributed by atoms with Crippen LogP contribution in [0, 0.1) is 0 Å². The summed E-state index contributed by atoms with van der Waals surface area (Å²) in [5.74, 6) is -0.590. The molecule has 0 saturated carbocycles. The van der Waals surface area contributed by atoms with Gasteiger partial charge in [-0.1, -0.05) is 0 Å². The van der Waals surface area contributed by atoms with E-state index in [0.717, 1.165) is 11.3 Å². The van der Waals surface area contributed by atoms with Crippen molar-refractivity contribution in [3.05, 3.63) is 23.8 Å². The number of hydrogen-bond donors (Lipinski definition) is 1. The molecule has 0 aliphatic carbocycles. The molecule has 0 aromatic heterocycles. The second-order valence-corrected chi connectivity index (χ2v) is 3.90. The first-order chi connectivity index (χ1) is 8.11. The second-order valence-electron chi connectivity index (χ2n) is 3.90. The van der Waals surface area contributed by atoms with Gasteiger partial charge in [-0.05, 0) is 30.2 Å². The summed E-state index contributed by atoms with van der Waals surface area (Å²) in [5.41, 5.74) is 2.42. The first kappa shape index (κ1) is 11.3. The van der Waals surface area contributed by atoms with Crippen LogP contribution in [0.25, 0.3) is 0 Å². The average Bonchev–Trinajstić information content (AvgIpc) is 2.34. The van der Waals surface area contributed by atoms with Crippen molar-refractivity contribution in [1.82, 2.24) is 0 Å². The molecule has 0 saturated heterocycles. The van der Waals surface area contributed by atoms with Crippen LogP contribution in [0.3, 0.4) is 0 Å². The smallest absolute Gasteiger partial charge is 0.288 e. The van der Waals surface area contributed by atoms with Crippen LogP contribution >= 0.6 is 0 Å². The fraction of sp³-hybridized carbons (Fsp3) is 0.250. The lowest BCUT2D eigenvalue weighted by atomic mass is 10.0.